The first-order chi connectivity index (χ1) is 15.7. The molecule has 0 aliphatic carbocycles. The lowest BCUT2D eigenvalue weighted by Crippen LogP contribution is -2.42. The molecule has 162 valence electrons. The second-order valence-electron chi connectivity index (χ2n) is 8.61. The molecule has 2 fully saturated rings. The number of ether oxygens (including phenoxy) is 1. The number of fused-ring (bicyclic) bond motifs is 3. The Hall–Kier alpha value is -3.45. The van der Waals surface area contributed by atoms with Gasteiger partial charge in [-0.05, 0) is 43.2 Å². The van der Waals surface area contributed by atoms with Crippen molar-refractivity contribution in [2.75, 3.05) is 23.7 Å². The minimum atomic E-state index is -0.248. The largest absolute Gasteiger partial charge is 0.397 e. The monoisotopic (exact) mass is 429 g/mol. The molecule has 4 heterocycles. The quantitative estimate of drug-likeness (QED) is 0.492. The zero-order chi connectivity index (χ0) is 21.7. The summed E-state index contributed by atoms with van der Waals surface area (Å²) in [5, 5.41) is 5.73. The predicted molar refractivity (Wildman–Crippen MR) is 123 cm³/mol. The van der Waals surface area contributed by atoms with Crippen molar-refractivity contribution in [3.05, 3.63) is 72.2 Å². The third-order valence-electron chi connectivity index (χ3n) is 6.47. The Bertz CT molecular complexity index is 1290. The number of nitrogen functional groups attached to an aromatic ring is 1. The van der Waals surface area contributed by atoms with Crippen LogP contribution in [0, 0.1) is 5.82 Å². The number of morpholine rings is 1. The van der Waals surface area contributed by atoms with Gasteiger partial charge in [0.2, 0.25) is 0 Å². The van der Waals surface area contributed by atoms with Crippen molar-refractivity contribution in [2.24, 2.45) is 0 Å². The molecule has 0 spiro atoms. The summed E-state index contributed by atoms with van der Waals surface area (Å²) in [5.74, 6) is -0.248. The van der Waals surface area contributed by atoms with Crippen molar-refractivity contribution >= 4 is 22.4 Å². The lowest BCUT2D eigenvalue weighted by Gasteiger charge is -2.34. The number of pyridine rings is 1. The van der Waals surface area contributed by atoms with Crippen LogP contribution < -0.4 is 10.6 Å². The highest BCUT2D eigenvalue weighted by Crippen LogP contribution is 2.36. The second-order valence-corrected chi connectivity index (χ2v) is 8.61. The molecule has 32 heavy (non-hydrogen) atoms. The summed E-state index contributed by atoms with van der Waals surface area (Å²) in [6.45, 7) is 2.07. The third kappa shape index (κ3) is 3.29. The van der Waals surface area contributed by atoms with Gasteiger partial charge in [-0.2, -0.15) is 5.10 Å². The first-order valence-corrected chi connectivity index (χ1v) is 11.0. The minimum Gasteiger partial charge on any atom is -0.397 e. The fourth-order valence-electron chi connectivity index (χ4n) is 4.92. The SMILES string of the molecule is Nc1cc(-c2nn(Cc3ccccc3F)c3ncccc23)ccc1N1CC2CCC(C1)O2. The topological polar surface area (TPSA) is 69.2 Å². The summed E-state index contributed by atoms with van der Waals surface area (Å²) in [6, 6.07) is 16.8. The lowest BCUT2D eigenvalue weighted by molar-refractivity contribution is 0.0305. The molecule has 0 radical (unpaired) electrons. The van der Waals surface area contributed by atoms with E-state index in [1.807, 2.05) is 24.3 Å². The van der Waals surface area contributed by atoms with Crippen LogP contribution in [-0.4, -0.2) is 40.1 Å². The summed E-state index contributed by atoms with van der Waals surface area (Å²) < 4.78 is 22.0. The highest BCUT2D eigenvalue weighted by Gasteiger charge is 2.34. The molecule has 6 nitrogen and oxygen atoms in total. The molecule has 2 aromatic carbocycles. The number of nitrogens with zero attached hydrogens (tertiary/aromatic N) is 4. The van der Waals surface area contributed by atoms with Gasteiger partial charge in [-0.1, -0.05) is 24.3 Å². The van der Waals surface area contributed by atoms with E-state index >= 15 is 0 Å². The van der Waals surface area contributed by atoms with Crippen LogP contribution in [0.3, 0.4) is 0 Å². The number of benzene rings is 2. The fourth-order valence-corrected chi connectivity index (χ4v) is 4.92. The molecule has 0 saturated carbocycles. The average Bonchev–Trinajstić information content (AvgIpc) is 3.34. The standard InChI is InChI=1S/C25H24FN5O/c26-21-6-2-1-4-17(21)13-31-25-20(5-3-11-28-25)24(29-31)16-7-10-23(22(27)12-16)30-14-18-8-9-19(15-30)32-18/h1-7,10-12,18-19H,8-9,13-15,27H2. The third-order valence-corrected chi connectivity index (χ3v) is 6.47. The first-order valence-electron chi connectivity index (χ1n) is 11.0. The molecule has 2 aliphatic rings. The molecule has 0 amide bonds. The highest BCUT2D eigenvalue weighted by atomic mass is 19.1. The first kappa shape index (κ1) is 19.3. The fraction of sp³-hybridized carbons (Fsp3) is 0.280. The molecular weight excluding hydrogens is 405 g/mol. The van der Waals surface area contributed by atoms with Gasteiger partial charge in [-0.15, -0.1) is 0 Å². The Morgan fingerprint density at radius 3 is 2.62 bits per heavy atom. The van der Waals surface area contributed by atoms with Crippen LogP contribution >= 0.6 is 0 Å². The van der Waals surface area contributed by atoms with E-state index in [2.05, 4.69) is 22.0 Å². The molecule has 2 atom stereocenters. The summed E-state index contributed by atoms with van der Waals surface area (Å²) in [7, 11) is 0. The molecule has 2 saturated heterocycles. The van der Waals surface area contributed by atoms with Gasteiger partial charge >= 0.3 is 0 Å². The maximum absolute atomic E-state index is 14.2. The van der Waals surface area contributed by atoms with Crippen molar-refractivity contribution in [3.63, 3.8) is 0 Å². The van der Waals surface area contributed by atoms with Crippen LogP contribution in [0.5, 0.6) is 0 Å². The average molecular weight is 429 g/mol. The van der Waals surface area contributed by atoms with Crippen molar-refractivity contribution in [3.8, 4) is 11.3 Å². The zero-order valence-electron chi connectivity index (χ0n) is 17.6. The molecule has 2 aliphatic heterocycles. The van der Waals surface area contributed by atoms with E-state index in [9.17, 15) is 4.39 Å². The lowest BCUT2D eigenvalue weighted by atomic mass is 10.1. The smallest absolute Gasteiger partial charge is 0.158 e. The molecule has 2 unspecified atom stereocenters. The van der Waals surface area contributed by atoms with Gasteiger partial charge in [0.15, 0.2) is 5.65 Å². The van der Waals surface area contributed by atoms with Gasteiger partial charge in [-0.25, -0.2) is 14.1 Å². The van der Waals surface area contributed by atoms with Gasteiger partial charge in [0.1, 0.15) is 11.5 Å². The number of rotatable bonds is 4. The second kappa shape index (κ2) is 7.60. The van der Waals surface area contributed by atoms with Gasteiger partial charge in [0, 0.05) is 35.8 Å². The van der Waals surface area contributed by atoms with Crippen LogP contribution in [-0.2, 0) is 11.3 Å². The minimum absolute atomic E-state index is 0.248. The number of aromatic nitrogens is 3. The van der Waals surface area contributed by atoms with Crippen LogP contribution in [0.25, 0.3) is 22.3 Å². The van der Waals surface area contributed by atoms with E-state index in [1.54, 1.807) is 23.0 Å². The van der Waals surface area contributed by atoms with Crippen LogP contribution in [0.2, 0.25) is 0 Å². The van der Waals surface area contributed by atoms with Crippen LogP contribution in [0.15, 0.2) is 60.8 Å². The van der Waals surface area contributed by atoms with Gasteiger partial charge in [0.05, 0.1) is 30.1 Å². The van der Waals surface area contributed by atoms with Crippen molar-refractivity contribution in [1.82, 2.24) is 14.8 Å². The zero-order valence-corrected chi connectivity index (χ0v) is 17.6. The van der Waals surface area contributed by atoms with Crippen molar-refractivity contribution in [1.29, 1.82) is 0 Å². The Morgan fingerprint density at radius 2 is 1.84 bits per heavy atom. The summed E-state index contributed by atoms with van der Waals surface area (Å²) in [4.78, 5) is 6.85. The van der Waals surface area contributed by atoms with Crippen molar-refractivity contribution < 1.29 is 9.13 Å². The summed E-state index contributed by atoms with van der Waals surface area (Å²) in [5.41, 5.74) is 11.3. The number of hydrogen-bond acceptors (Lipinski definition) is 5. The van der Waals surface area contributed by atoms with E-state index in [-0.39, 0.29) is 5.82 Å². The van der Waals surface area contributed by atoms with E-state index in [0.29, 0.717) is 24.3 Å². The van der Waals surface area contributed by atoms with E-state index in [1.165, 1.54) is 6.07 Å². The summed E-state index contributed by atoms with van der Waals surface area (Å²) >= 11 is 0. The van der Waals surface area contributed by atoms with Gasteiger partial charge < -0.3 is 15.4 Å². The van der Waals surface area contributed by atoms with Gasteiger partial charge in [0.25, 0.3) is 0 Å². The maximum Gasteiger partial charge on any atom is 0.158 e. The van der Waals surface area contributed by atoms with Gasteiger partial charge in [-0.3, -0.25) is 0 Å². The normalized spacial score (nSPS) is 20.2. The number of halogens is 1. The Morgan fingerprint density at radius 1 is 1.03 bits per heavy atom. The Balaban J connectivity index is 1.37. The molecular formula is C25H24FN5O. The number of nitrogens with two attached hydrogens (primary N) is 1. The van der Waals surface area contributed by atoms with Crippen molar-refractivity contribution in [2.45, 2.75) is 31.6 Å². The molecule has 6 rings (SSSR count). The summed E-state index contributed by atoms with van der Waals surface area (Å²) in [6.07, 6.45) is 4.58. The number of hydrogen-bond donors (Lipinski definition) is 1. The van der Waals surface area contributed by atoms with E-state index in [4.69, 9.17) is 15.6 Å². The van der Waals surface area contributed by atoms with Crippen LogP contribution in [0.4, 0.5) is 15.8 Å². The molecule has 2 N–H and O–H groups in total. The van der Waals surface area contributed by atoms with Crippen LogP contribution in [0.1, 0.15) is 18.4 Å². The molecule has 7 heteroatoms. The molecule has 2 aromatic heterocycles. The Kier molecular flexibility index (Phi) is 4.57. The number of anilines is 2. The molecule has 2 bridgehead atoms. The highest BCUT2D eigenvalue weighted by molar-refractivity contribution is 5.92. The van der Waals surface area contributed by atoms with E-state index in [0.717, 1.165) is 59.6 Å². The molecule has 4 aromatic rings. The predicted octanol–water partition coefficient (Wildman–Crippen LogP) is 4.24. The maximum atomic E-state index is 14.2. The van der Waals surface area contributed by atoms with E-state index < -0.39 is 0 Å². The Labute approximate surface area is 185 Å².